The summed E-state index contributed by atoms with van der Waals surface area (Å²) in [4.78, 5) is 13.3. The zero-order valence-corrected chi connectivity index (χ0v) is 12.4. The van der Waals surface area contributed by atoms with Crippen LogP contribution in [0, 0.1) is 20.8 Å². The number of H-pyrrole nitrogens is 1. The molecule has 1 heterocycles. The van der Waals surface area contributed by atoms with E-state index in [0.29, 0.717) is 22.7 Å². The highest BCUT2D eigenvalue weighted by molar-refractivity contribution is 7.94. The molecule has 19 heavy (non-hydrogen) atoms. The molecule has 0 aliphatic heterocycles. The number of anilines is 1. The van der Waals surface area contributed by atoms with E-state index >= 15 is 0 Å². The number of aryl methyl sites for hydroxylation is 3. The lowest BCUT2D eigenvalue weighted by atomic mass is 10.1. The first-order chi connectivity index (χ1) is 8.79. The molecule has 0 aliphatic rings. The van der Waals surface area contributed by atoms with E-state index in [2.05, 4.69) is 9.71 Å². The predicted molar refractivity (Wildman–Crippen MR) is 76.4 cm³/mol. The average molecular weight is 298 g/mol. The van der Waals surface area contributed by atoms with E-state index in [1.165, 1.54) is 0 Å². The molecule has 0 atom stereocenters. The Bertz CT molecular complexity index is 773. The summed E-state index contributed by atoms with van der Waals surface area (Å²) < 4.78 is 27.0. The molecule has 2 aromatic rings. The van der Waals surface area contributed by atoms with E-state index in [1.807, 2.05) is 26.0 Å². The minimum absolute atomic E-state index is 0.0254. The van der Waals surface area contributed by atoms with Gasteiger partial charge >= 0.3 is 4.87 Å². The quantitative estimate of drug-likeness (QED) is 0.911. The van der Waals surface area contributed by atoms with E-state index in [9.17, 15) is 13.2 Å². The molecular weight excluding hydrogens is 284 g/mol. The van der Waals surface area contributed by atoms with Gasteiger partial charge in [-0.15, -0.1) is 0 Å². The second-order valence-corrected chi connectivity index (χ2v) is 7.21. The second-order valence-electron chi connectivity index (χ2n) is 4.35. The monoisotopic (exact) mass is 298 g/mol. The standard InChI is InChI=1S/C12H14N2O3S2/c1-7-4-5-10(8(2)6-7)14-19(16,17)11-9(3)13-12(15)18-11/h4-6,14H,1-3H3,(H,13,15). The highest BCUT2D eigenvalue weighted by atomic mass is 32.2. The maximum absolute atomic E-state index is 12.2. The Labute approximate surface area is 115 Å². The number of sulfonamides is 1. The third kappa shape index (κ3) is 2.87. The molecule has 0 radical (unpaired) electrons. The van der Waals surface area contributed by atoms with Crippen molar-refractivity contribution in [1.82, 2.24) is 4.98 Å². The number of hydrogen-bond acceptors (Lipinski definition) is 4. The molecule has 0 saturated heterocycles. The van der Waals surface area contributed by atoms with Gasteiger partial charge in [-0.2, -0.15) is 0 Å². The zero-order valence-electron chi connectivity index (χ0n) is 10.8. The van der Waals surface area contributed by atoms with Crippen molar-refractivity contribution in [3.8, 4) is 0 Å². The van der Waals surface area contributed by atoms with Gasteiger partial charge < -0.3 is 4.98 Å². The normalized spacial score (nSPS) is 11.5. The molecule has 0 fully saturated rings. The first kappa shape index (κ1) is 13.8. The Hall–Kier alpha value is -1.60. The summed E-state index contributed by atoms with van der Waals surface area (Å²) in [6.07, 6.45) is 0. The fourth-order valence-corrected chi connectivity index (χ4v) is 4.20. The van der Waals surface area contributed by atoms with Gasteiger partial charge in [0.2, 0.25) is 0 Å². The molecule has 0 spiro atoms. The molecule has 0 unspecified atom stereocenters. The van der Waals surface area contributed by atoms with Crippen LogP contribution in [0.15, 0.2) is 27.2 Å². The molecule has 5 nitrogen and oxygen atoms in total. The Morgan fingerprint density at radius 1 is 1.21 bits per heavy atom. The average Bonchev–Trinajstić information content (AvgIpc) is 2.63. The molecule has 0 saturated carbocycles. The molecule has 0 bridgehead atoms. The second kappa shape index (κ2) is 4.82. The van der Waals surface area contributed by atoms with Gasteiger partial charge in [0.25, 0.3) is 10.0 Å². The molecule has 0 aliphatic carbocycles. The summed E-state index contributed by atoms with van der Waals surface area (Å²) in [7, 11) is -3.72. The van der Waals surface area contributed by atoms with Crippen molar-refractivity contribution in [2.75, 3.05) is 4.72 Å². The van der Waals surface area contributed by atoms with E-state index in [0.717, 1.165) is 11.1 Å². The topological polar surface area (TPSA) is 79.0 Å². The number of rotatable bonds is 3. The van der Waals surface area contributed by atoms with Gasteiger partial charge in [-0.1, -0.05) is 29.0 Å². The van der Waals surface area contributed by atoms with Crippen molar-refractivity contribution in [1.29, 1.82) is 0 Å². The zero-order chi connectivity index (χ0) is 14.2. The third-order valence-corrected chi connectivity index (χ3v) is 5.62. The largest absolute Gasteiger partial charge is 0.315 e. The SMILES string of the molecule is Cc1ccc(NS(=O)(=O)c2sc(=O)[nH]c2C)c(C)c1. The smallest absolute Gasteiger partial charge is 0.306 e. The molecule has 0 amide bonds. The fourth-order valence-electron chi connectivity index (χ4n) is 1.77. The van der Waals surface area contributed by atoms with Crippen LogP contribution in [0.2, 0.25) is 0 Å². The van der Waals surface area contributed by atoms with Crippen molar-refractivity contribution in [3.05, 3.63) is 44.7 Å². The molecule has 2 N–H and O–H groups in total. The number of aromatic nitrogens is 1. The van der Waals surface area contributed by atoms with E-state index in [1.54, 1.807) is 13.0 Å². The van der Waals surface area contributed by atoms with Gasteiger partial charge in [-0.3, -0.25) is 9.52 Å². The summed E-state index contributed by atoms with van der Waals surface area (Å²) in [5.41, 5.74) is 2.77. The van der Waals surface area contributed by atoms with Crippen LogP contribution in [-0.2, 0) is 10.0 Å². The molecule has 2 rings (SSSR count). The lowest BCUT2D eigenvalue weighted by molar-refractivity contribution is 0.602. The maximum atomic E-state index is 12.2. The molecule has 102 valence electrons. The van der Waals surface area contributed by atoms with Crippen LogP contribution in [0.5, 0.6) is 0 Å². The summed E-state index contributed by atoms with van der Waals surface area (Å²) in [5.74, 6) is 0. The number of hydrogen-bond donors (Lipinski definition) is 2. The van der Waals surface area contributed by atoms with Crippen LogP contribution in [0.4, 0.5) is 5.69 Å². The van der Waals surface area contributed by atoms with Crippen LogP contribution in [0.1, 0.15) is 16.8 Å². The number of benzene rings is 1. The van der Waals surface area contributed by atoms with Gasteiger partial charge in [-0.05, 0) is 32.4 Å². The molecule has 7 heteroatoms. The van der Waals surface area contributed by atoms with Gasteiger partial charge in [0, 0.05) is 5.69 Å². The number of thiazole rings is 1. The lowest BCUT2D eigenvalue weighted by Crippen LogP contribution is -2.13. The Morgan fingerprint density at radius 3 is 2.42 bits per heavy atom. The third-order valence-electron chi connectivity index (χ3n) is 2.65. The van der Waals surface area contributed by atoms with Gasteiger partial charge in [0.1, 0.15) is 0 Å². The summed E-state index contributed by atoms with van der Waals surface area (Å²) in [6.45, 7) is 5.33. The van der Waals surface area contributed by atoms with Gasteiger partial charge in [0.05, 0.1) is 5.69 Å². The van der Waals surface area contributed by atoms with E-state index in [-0.39, 0.29) is 9.08 Å². The van der Waals surface area contributed by atoms with Crippen LogP contribution in [0.25, 0.3) is 0 Å². The maximum Gasteiger partial charge on any atom is 0.306 e. The first-order valence-electron chi connectivity index (χ1n) is 5.59. The fraction of sp³-hybridized carbons (Fsp3) is 0.250. The van der Waals surface area contributed by atoms with Crippen molar-refractivity contribution in [2.45, 2.75) is 25.0 Å². The summed E-state index contributed by atoms with van der Waals surface area (Å²) >= 11 is 0.688. The van der Waals surface area contributed by atoms with E-state index < -0.39 is 10.0 Å². The highest BCUT2D eigenvalue weighted by Gasteiger charge is 2.21. The Kier molecular flexibility index (Phi) is 3.51. The molecular formula is C12H14N2O3S2. The number of nitrogens with one attached hydrogen (secondary N) is 2. The van der Waals surface area contributed by atoms with Crippen LogP contribution in [-0.4, -0.2) is 13.4 Å². The highest BCUT2D eigenvalue weighted by Crippen LogP contribution is 2.23. The van der Waals surface area contributed by atoms with Crippen LogP contribution >= 0.6 is 11.3 Å². The van der Waals surface area contributed by atoms with Crippen LogP contribution in [0.3, 0.4) is 0 Å². The first-order valence-corrected chi connectivity index (χ1v) is 7.89. The summed E-state index contributed by atoms with van der Waals surface area (Å²) in [6, 6.07) is 5.44. The van der Waals surface area contributed by atoms with Gasteiger partial charge in [-0.25, -0.2) is 8.42 Å². The van der Waals surface area contributed by atoms with Gasteiger partial charge in [0.15, 0.2) is 4.21 Å². The van der Waals surface area contributed by atoms with Crippen LogP contribution < -0.4 is 9.60 Å². The molecule has 1 aromatic carbocycles. The number of aromatic amines is 1. The molecule has 1 aromatic heterocycles. The Balaban J connectivity index is 2.42. The predicted octanol–water partition coefficient (Wildman–Crippen LogP) is 2.16. The van der Waals surface area contributed by atoms with Crippen molar-refractivity contribution in [2.24, 2.45) is 0 Å². The van der Waals surface area contributed by atoms with Crippen molar-refractivity contribution >= 4 is 27.0 Å². The summed E-state index contributed by atoms with van der Waals surface area (Å²) in [5, 5.41) is 0. The Morgan fingerprint density at radius 2 is 1.89 bits per heavy atom. The minimum Gasteiger partial charge on any atom is -0.315 e. The lowest BCUT2D eigenvalue weighted by Gasteiger charge is -2.10. The van der Waals surface area contributed by atoms with E-state index in [4.69, 9.17) is 0 Å². The minimum atomic E-state index is -3.72. The van der Waals surface area contributed by atoms with Crippen molar-refractivity contribution < 1.29 is 8.42 Å². The van der Waals surface area contributed by atoms with Crippen molar-refractivity contribution in [3.63, 3.8) is 0 Å².